The molecule has 6 heteroatoms. The van der Waals surface area contributed by atoms with E-state index >= 15 is 0 Å². The Bertz CT molecular complexity index is 598. The highest BCUT2D eigenvalue weighted by molar-refractivity contribution is 6.06. The second kappa shape index (κ2) is 6.89. The first-order valence-electron chi connectivity index (χ1n) is 7.79. The highest BCUT2D eigenvalue weighted by Gasteiger charge is 2.57. The third-order valence-electron chi connectivity index (χ3n) is 4.31. The molecule has 0 saturated heterocycles. The summed E-state index contributed by atoms with van der Waals surface area (Å²) >= 11 is 0. The molecule has 1 aromatic carbocycles. The summed E-state index contributed by atoms with van der Waals surface area (Å²) in [6, 6.07) is 8.75. The van der Waals surface area contributed by atoms with Gasteiger partial charge < -0.3 is 4.74 Å². The van der Waals surface area contributed by atoms with Crippen LogP contribution in [0.15, 0.2) is 30.3 Å². The summed E-state index contributed by atoms with van der Waals surface area (Å²) in [7, 11) is 0. The maximum Gasteiger partial charge on any atom is 0.320 e. The molecule has 0 unspecified atom stereocenters. The summed E-state index contributed by atoms with van der Waals surface area (Å²) < 4.78 is 5.31. The Morgan fingerprint density at radius 2 is 2.00 bits per heavy atom. The van der Waals surface area contributed by atoms with Crippen molar-refractivity contribution in [3.63, 3.8) is 0 Å². The number of esters is 1. The van der Waals surface area contributed by atoms with E-state index < -0.39 is 28.8 Å². The highest BCUT2D eigenvalue weighted by Crippen LogP contribution is 2.47. The average Bonchev–Trinajstić information content (AvgIpc) is 2.87. The van der Waals surface area contributed by atoms with E-state index in [1.165, 1.54) is 0 Å². The summed E-state index contributed by atoms with van der Waals surface area (Å²) in [6.07, 6.45) is 0.728. The number of ether oxygens (including phenoxy) is 1. The van der Waals surface area contributed by atoms with Crippen molar-refractivity contribution < 1.29 is 19.2 Å². The fraction of sp³-hybridized carbons (Fsp3) is 0.529. The van der Waals surface area contributed by atoms with E-state index in [2.05, 4.69) is 0 Å². The van der Waals surface area contributed by atoms with Crippen LogP contribution in [0.3, 0.4) is 0 Å². The van der Waals surface area contributed by atoms with Crippen LogP contribution in [-0.2, 0) is 14.3 Å². The van der Waals surface area contributed by atoms with Gasteiger partial charge in [0.25, 0.3) is 0 Å². The Labute approximate surface area is 135 Å². The van der Waals surface area contributed by atoms with Gasteiger partial charge in [0.05, 0.1) is 12.0 Å². The topological polar surface area (TPSA) is 86.5 Å². The van der Waals surface area contributed by atoms with Crippen LogP contribution in [0.4, 0.5) is 0 Å². The van der Waals surface area contributed by atoms with Crippen LogP contribution in [0.2, 0.25) is 0 Å². The van der Waals surface area contributed by atoms with Crippen molar-refractivity contribution >= 4 is 11.8 Å². The summed E-state index contributed by atoms with van der Waals surface area (Å²) in [6.45, 7) is 2.94. The highest BCUT2D eigenvalue weighted by atomic mass is 16.6. The number of benzene rings is 1. The standard InChI is InChI=1S/C17H21NO5/c1-12(2)23-16(20)17(10-6-9-15(17)19)14(11-18(21)22)13-7-4-3-5-8-13/h3-5,7-8,12,14H,6,9-11H2,1-2H3/t14-,17-/m0/s1. The van der Waals surface area contributed by atoms with E-state index in [-0.39, 0.29) is 18.3 Å². The minimum atomic E-state index is -1.45. The van der Waals surface area contributed by atoms with Crippen LogP contribution in [0.1, 0.15) is 44.6 Å². The number of carbonyl (C=O) groups excluding carboxylic acids is 2. The molecule has 0 bridgehead atoms. The van der Waals surface area contributed by atoms with Crippen molar-refractivity contribution in [2.75, 3.05) is 6.54 Å². The molecule has 0 heterocycles. The number of Topliss-reactive ketones (excluding diaryl/α,β-unsaturated/α-hetero) is 1. The maximum atomic E-state index is 12.7. The van der Waals surface area contributed by atoms with E-state index in [1.54, 1.807) is 44.2 Å². The van der Waals surface area contributed by atoms with Crippen molar-refractivity contribution in [2.45, 2.75) is 45.1 Å². The molecule has 124 valence electrons. The monoisotopic (exact) mass is 319 g/mol. The fourth-order valence-electron chi connectivity index (χ4n) is 3.32. The van der Waals surface area contributed by atoms with Gasteiger partial charge in [-0.2, -0.15) is 0 Å². The molecule has 0 aliphatic heterocycles. The van der Waals surface area contributed by atoms with Gasteiger partial charge in [-0.05, 0) is 32.3 Å². The van der Waals surface area contributed by atoms with Crippen LogP contribution in [0.25, 0.3) is 0 Å². The lowest BCUT2D eigenvalue weighted by Crippen LogP contribution is -2.45. The molecule has 2 atom stereocenters. The van der Waals surface area contributed by atoms with Crippen LogP contribution < -0.4 is 0 Å². The van der Waals surface area contributed by atoms with Gasteiger partial charge in [0, 0.05) is 11.3 Å². The molecule has 1 fully saturated rings. The van der Waals surface area contributed by atoms with Gasteiger partial charge in [0.2, 0.25) is 6.54 Å². The van der Waals surface area contributed by atoms with Crippen LogP contribution in [0, 0.1) is 15.5 Å². The van der Waals surface area contributed by atoms with Crippen LogP contribution in [-0.4, -0.2) is 29.3 Å². The first-order chi connectivity index (χ1) is 10.9. The van der Waals surface area contributed by atoms with Crippen LogP contribution >= 0.6 is 0 Å². The van der Waals surface area contributed by atoms with E-state index in [1.807, 2.05) is 0 Å². The predicted octanol–water partition coefficient (Wildman–Crippen LogP) is 2.74. The number of rotatable bonds is 6. The predicted molar refractivity (Wildman–Crippen MR) is 83.6 cm³/mol. The van der Waals surface area contributed by atoms with Gasteiger partial charge in [-0.3, -0.25) is 19.7 Å². The number of hydrogen-bond donors (Lipinski definition) is 0. The van der Waals surface area contributed by atoms with Gasteiger partial charge >= 0.3 is 5.97 Å². The Hall–Kier alpha value is -2.24. The second-order valence-electron chi connectivity index (χ2n) is 6.18. The SMILES string of the molecule is CC(C)OC(=O)[C@]1([C@@H](C[N+](=O)[O-])c2ccccc2)CCCC1=O. The van der Waals surface area contributed by atoms with Crippen LogP contribution in [0.5, 0.6) is 0 Å². The number of ketones is 1. The Morgan fingerprint density at radius 3 is 2.48 bits per heavy atom. The summed E-state index contributed by atoms with van der Waals surface area (Å²) in [5.74, 6) is -1.69. The Kier molecular flexibility index (Phi) is 5.13. The van der Waals surface area contributed by atoms with Crippen molar-refractivity contribution in [3.05, 3.63) is 46.0 Å². The van der Waals surface area contributed by atoms with Gasteiger partial charge in [0.15, 0.2) is 5.78 Å². The van der Waals surface area contributed by atoms with Gasteiger partial charge in [-0.15, -0.1) is 0 Å². The van der Waals surface area contributed by atoms with Crippen molar-refractivity contribution in [2.24, 2.45) is 5.41 Å². The summed E-state index contributed by atoms with van der Waals surface area (Å²) in [4.78, 5) is 36.0. The summed E-state index contributed by atoms with van der Waals surface area (Å²) in [5.41, 5.74) is -0.821. The first kappa shape index (κ1) is 17.1. The number of hydrogen-bond acceptors (Lipinski definition) is 5. The second-order valence-corrected chi connectivity index (χ2v) is 6.18. The van der Waals surface area contributed by atoms with Crippen molar-refractivity contribution in [1.29, 1.82) is 0 Å². The van der Waals surface area contributed by atoms with E-state index in [0.717, 1.165) is 0 Å². The molecule has 1 aliphatic carbocycles. The Morgan fingerprint density at radius 1 is 1.35 bits per heavy atom. The molecule has 1 saturated carbocycles. The molecule has 1 aliphatic rings. The zero-order chi connectivity index (χ0) is 17.0. The number of carbonyl (C=O) groups is 2. The van der Waals surface area contributed by atoms with Gasteiger partial charge in [-0.25, -0.2) is 0 Å². The van der Waals surface area contributed by atoms with Gasteiger partial charge in [-0.1, -0.05) is 30.3 Å². The summed E-state index contributed by atoms with van der Waals surface area (Å²) in [5, 5.41) is 11.2. The first-order valence-corrected chi connectivity index (χ1v) is 7.79. The maximum absolute atomic E-state index is 12.7. The number of nitrogens with zero attached hydrogens (tertiary/aromatic N) is 1. The third kappa shape index (κ3) is 3.41. The van der Waals surface area contributed by atoms with E-state index in [9.17, 15) is 19.7 Å². The zero-order valence-corrected chi connectivity index (χ0v) is 13.4. The molecule has 0 spiro atoms. The van der Waals surface area contributed by atoms with E-state index in [0.29, 0.717) is 18.4 Å². The molecule has 0 aromatic heterocycles. The molecular formula is C17H21NO5. The minimum absolute atomic E-state index is 0.251. The quantitative estimate of drug-likeness (QED) is 0.348. The third-order valence-corrected chi connectivity index (χ3v) is 4.31. The molecule has 0 amide bonds. The molecular weight excluding hydrogens is 298 g/mol. The lowest BCUT2D eigenvalue weighted by Gasteiger charge is -2.32. The molecule has 0 N–H and O–H groups in total. The molecule has 0 radical (unpaired) electrons. The van der Waals surface area contributed by atoms with Gasteiger partial charge in [0.1, 0.15) is 5.41 Å². The lowest BCUT2D eigenvalue weighted by atomic mass is 9.70. The fourth-order valence-corrected chi connectivity index (χ4v) is 3.32. The van der Waals surface area contributed by atoms with Crippen molar-refractivity contribution in [3.8, 4) is 0 Å². The zero-order valence-electron chi connectivity index (χ0n) is 13.4. The normalized spacial score (nSPS) is 22.1. The number of nitro groups is 1. The molecule has 6 nitrogen and oxygen atoms in total. The molecule has 2 rings (SSSR count). The molecule has 23 heavy (non-hydrogen) atoms. The smallest absolute Gasteiger partial charge is 0.320 e. The molecule has 1 aromatic rings. The van der Waals surface area contributed by atoms with E-state index in [4.69, 9.17) is 4.74 Å². The largest absolute Gasteiger partial charge is 0.462 e. The minimum Gasteiger partial charge on any atom is -0.462 e. The van der Waals surface area contributed by atoms with Crippen molar-refractivity contribution in [1.82, 2.24) is 0 Å². The average molecular weight is 319 g/mol. The Balaban J connectivity index is 2.51. The lowest BCUT2D eigenvalue weighted by molar-refractivity contribution is -0.485.